The van der Waals surface area contributed by atoms with Crippen molar-refractivity contribution >= 4 is 5.84 Å². The first-order valence-electron chi connectivity index (χ1n) is 5.32. The van der Waals surface area contributed by atoms with E-state index in [-0.39, 0.29) is 5.84 Å². The lowest BCUT2D eigenvalue weighted by atomic mass is 10.3. The number of pyridine rings is 1. The van der Waals surface area contributed by atoms with Gasteiger partial charge in [-0.1, -0.05) is 12.1 Å². The smallest absolute Gasteiger partial charge is 0.219 e. The van der Waals surface area contributed by atoms with Gasteiger partial charge in [-0.05, 0) is 18.2 Å². The zero-order valence-electron chi connectivity index (χ0n) is 9.88. The number of aromatic nitrogens is 1. The standard InChI is InChI=1S/C13H13N3O2/c1-17-10-4-2-3-5-11(10)18-12-7-6-9(8-16-12)13(14)15/h2-8H,1H3,(H3,14,15). The highest BCUT2D eigenvalue weighted by Gasteiger charge is 2.05. The largest absolute Gasteiger partial charge is 0.493 e. The summed E-state index contributed by atoms with van der Waals surface area (Å²) >= 11 is 0. The van der Waals surface area contributed by atoms with E-state index in [2.05, 4.69) is 4.98 Å². The zero-order valence-corrected chi connectivity index (χ0v) is 9.88. The molecule has 2 aromatic rings. The number of ether oxygens (including phenoxy) is 2. The minimum atomic E-state index is -0.0219. The highest BCUT2D eigenvalue weighted by atomic mass is 16.5. The Labute approximate surface area is 105 Å². The number of nitrogens with two attached hydrogens (primary N) is 1. The molecule has 1 heterocycles. The molecule has 1 aromatic carbocycles. The molecule has 92 valence electrons. The second kappa shape index (κ2) is 5.18. The third-order valence-electron chi connectivity index (χ3n) is 2.33. The number of amidine groups is 1. The van der Waals surface area contributed by atoms with Crippen molar-refractivity contribution < 1.29 is 9.47 Å². The molecule has 0 bridgehead atoms. The van der Waals surface area contributed by atoms with E-state index in [1.165, 1.54) is 6.20 Å². The fourth-order valence-corrected chi connectivity index (χ4v) is 1.42. The van der Waals surface area contributed by atoms with Gasteiger partial charge in [-0.15, -0.1) is 0 Å². The maximum Gasteiger partial charge on any atom is 0.219 e. The van der Waals surface area contributed by atoms with Crippen molar-refractivity contribution in [3.8, 4) is 17.4 Å². The number of hydrogen-bond donors (Lipinski definition) is 2. The van der Waals surface area contributed by atoms with E-state index in [4.69, 9.17) is 20.6 Å². The van der Waals surface area contributed by atoms with Gasteiger partial charge in [-0.3, -0.25) is 5.41 Å². The van der Waals surface area contributed by atoms with Crippen molar-refractivity contribution in [2.24, 2.45) is 5.73 Å². The fraction of sp³-hybridized carbons (Fsp3) is 0.0769. The first-order chi connectivity index (χ1) is 8.70. The predicted molar refractivity (Wildman–Crippen MR) is 68.3 cm³/mol. The van der Waals surface area contributed by atoms with Crippen LogP contribution in [0, 0.1) is 5.41 Å². The molecule has 0 saturated carbocycles. The molecular weight excluding hydrogens is 230 g/mol. The Morgan fingerprint density at radius 2 is 1.89 bits per heavy atom. The van der Waals surface area contributed by atoms with E-state index in [9.17, 15) is 0 Å². The molecule has 0 amide bonds. The first kappa shape index (κ1) is 11.9. The quantitative estimate of drug-likeness (QED) is 0.637. The summed E-state index contributed by atoms with van der Waals surface area (Å²) in [5.74, 6) is 1.62. The van der Waals surface area contributed by atoms with E-state index < -0.39 is 0 Å². The molecule has 0 spiro atoms. The lowest BCUT2D eigenvalue weighted by Crippen LogP contribution is -2.11. The van der Waals surface area contributed by atoms with Gasteiger partial charge in [0.1, 0.15) is 5.84 Å². The summed E-state index contributed by atoms with van der Waals surface area (Å²) in [5.41, 5.74) is 5.90. The van der Waals surface area contributed by atoms with Gasteiger partial charge in [-0.25, -0.2) is 4.98 Å². The molecule has 0 atom stereocenters. The van der Waals surface area contributed by atoms with Gasteiger partial charge in [0, 0.05) is 17.8 Å². The van der Waals surface area contributed by atoms with Crippen molar-refractivity contribution in [1.29, 1.82) is 5.41 Å². The fourth-order valence-electron chi connectivity index (χ4n) is 1.42. The van der Waals surface area contributed by atoms with Crippen LogP contribution in [0.25, 0.3) is 0 Å². The van der Waals surface area contributed by atoms with Gasteiger partial charge in [0.2, 0.25) is 5.88 Å². The molecule has 0 aliphatic rings. The van der Waals surface area contributed by atoms with Gasteiger partial charge < -0.3 is 15.2 Å². The van der Waals surface area contributed by atoms with Crippen LogP contribution < -0.4 is 15.2 Å². The Morgan fingerprint density at radius 1 is 1.17 bits per heavy atom. The van der Waals surface area contributed by atoms with Crippen LogP contribution in [0.2, 0.25) is 0 Å². The SMILES string of the molecule is COc1ccccc1Oc1ccc(C(=N)N)cn1. The number of nitrogens with zero attached hydrogens (tertiary/aromatic N) is 1. The van der Waals surface area contributed by atoms with Crippen LogP contribution in [0.5, 0.6) is 17.4 Å². The lowest BCUT2D eigenvalue weighted by molar-refractivity contribution is 0.374. The first-order valence-corrected chi connectivity index (χ1v) is 5.32. The molecule has 5 heteroatoms. The van der Waals surface area contributed by atoms with Crippen LogP contribution in [0.15, 0.2) is 42.6 Å². The van der Waals surface area contributed by atoms with E-state index >= 15 is 0 Å². The molecule has 0 unspecified atom stereocenters. The summed E-state index contributed by atoms with van der Waals surface area (Å²) < 4.78 is 10.8. The Balaban J connectivity index is 2.21. The predicted octanol–water partition coefficient (Wildman–Crippen LogP) is 2.17. The average molecular weight is 243 g/mol. The number of nitrogens with one attached hydrogen (secondary N) is 1. The topological polar surface area (TPSA) is 81.2 Å². The monoisotopic (exact) mass is 243 g/mol. The molecule has 2 rings (SSSR count). The number of para-hydroxylation sites is 2. The number of rotatable bonds is 4. The number of nitrogen functional groups attached to an aromatic ring is 1. The van der Waals surface area contributed by atoms with Crippen LogP contribution in [-0.4, -0.2) is 17.9 Å². The minimum absolute atomic E-state index is 0.0219. The molecule has 0 saturated heterocycles. The van der Waals surface area contributed by atoms with Gasteiger partial charge in [0.25, 0.3) is 0 Å². The van der Waals surface area contributed by atoms with Gasteiger partial charge in [0.15, 0.2) is 11.5 Å². The van der Waals surface area contributed by atoms with Crippen LogP contribution >= 0.6 is 0 Å². The molecule has 18 heavy (non-hydrogen) atoms. The third kappa shape index (κ3) is 2.57. The third-order valence-corrected chi connectivity index (χ3v) is 2.33. The molecule has 1 aromatic heterocycles. The number of methoxy groups -OCH3 is 1. The van der Waals surface area contributed by atoms with Gasteiger partial charge in [0.05, 0.1) is 7.11 Å². The minimum Gasteiger partial charge on any atom is -0.493 e. The molecule has 3 N–H and O–H groups in total. The van der Waals surface area contributed by atoms with Crippen LogP contribution in [0.3, 0.4) is 0 Å². The summed E-state index contributed by atoms with van der Waals surface area (Å²) in [7, 11) is 1.58. The Kier molecular flexibility index (Phi) is 3.43. The van der Waals surface area contributed by atoms with Crippen LogP contribution in [0.4, 0.5) is 0 Å². The number of benzene rings is 1. The average Bonchev–Trinajstić information content (AvgIpc) is 2.40. The molecule has 0 aliphatic carbocycles. The van der Waals surface area contributed by atoms with Crippen molar-refractivity contribution in [2.75, 3.05) is 7.11 Å². The van der Waals surface area contributed by atoms with Crippen LogP contribution in [0.1, 0.15) is 5.56 Å². The van der Waals surface area contributed by atoms with E-state index in [0.717, 1.165) is 0 Å². The van der Waals surface area contributed by atoms with Gasteiger partial charge in [-0.2, -0.15) is 0 Å². The second-order valence-corrected chi connectivity index (χ2v) is 3.55. The van der Waals surface area contributed by atoms with Crippen molar-refractivity contribution in [2.45, 2.75) is 0 Å². The Morgan fingerprint density at radius 3 is 2.44 bits per heavy atom. The molecular formula is C13H13N3O2. The summed E-state index contributed by atoms with van der Waals surface area (Å²) in [6.07, 6.45) is 1.49. The van der Waals surface area contributed by atoms with Crippen LogP contribution in [-0.2, 0) is 0 Å². The van der Waals surface area contributed by atoms with E-state index in [1.807, 2.05) is 12.1 Å². The Hall–Kier alpha value is -2.56. The summed E-state index contributed by atoms with van der Waals surface area (Å²) in [6, 6.07) is 10.6. The molecule has 0 radical (unpaired) electrons. The van der Waals surface area contributed by atoms with Crippen molar-refractivity contribution in [3.05, 3.63) is 48.2 Å². The zero-order chi connectivity index (χ0) is 13.0. The van der Waals surface area contributed by atoms with E-state index in [1.54, 1.807) is 31.4 Å². The highest BCUT2D eigenvalue weighted by Crippen LogP contribution is 2.29. The normalized spacial score (nSPS) is 9.83. The van der Waals surface area contributed by atoms with Crippen molar-refractivity contribution in [3.63, 3.8) is 0 Å². The van der Waals surface area contributed by atoms with Gasteiger partial charge >= 0.3 is 0 Å². The summed E-state index contributed by atoms with van der Waals surface area (Å²) in [4.78, 5) is 4.07. The molecule has 5 nitrogen and oxygen atoms in total. The summed E-state index contributed by atoms with van der Waals surface area (Å²) in [6.45, 7) is 0. The maximum atomic E-state index is 7.27. The van der Waals surface area contributed by atoms with E-state index in [0.29, 0.717) is 22.9 Å². The second-order valence-electron chi connectivity index (χ2n) is 3.55. The highest BCUT2D eigenvalue weighted by molar-refractivity contribution is 5.94. The number of hydrogen-bond acceptors (Lipinski definition) is 4. The molecule has 0 fully saturated rings. The maximum absolute atomic E-state index is 7.27. The summed E-state index contributed by atoms with van der Waals surface area (Å²) in [5, 5.41) is 7.27. The Bertz CT molecular complexity index is 552. The molecule has 0 aliphatic heterocycles. The van der Waals surface area contributed by atoms with Crippen molar-refractivity contribution in [1.82, 2.24) is 4.98 Å². The lowest BCUT2D eigenvalue weighted by Gasteiger charge is -2.09.